The fourth-order valence-electron chi connectivity index (χ4n) is 1.36. The number of aromatic carboxylic acids is 1. The molecule has 2 rings (SSSR count). The molecule has 0 spiro atoms. The van der Waals surface area contributed by atoms with E-state index >= 15 is 0 Å². The molecule has 0 saturated carbocycles. The van der Waals surface area contributed by atoms with E-state index in [2.05, 4.69) is 10.3 Å². The van der Waals surface area contributed by atoms with Gasteiger partial charge < -0.3 is 10.8 Å². The van der Waals surface area contributed by atoms with Crippen LogP contribution < -0.4 is 5.73 Å². The highest BCUT2D eigenvalue weighted by molar-refractivity contribution is 7.99. The Hall–Kier alpha value is -2.09. The van der Waals surface area contributed by atoms with Gasteiger partial charge in [-0.25, -0.2) is 9.18 Å². The van der Waals surface area contributed by atoms with Gasteiger partial charge in [0.25, 0.3) is 0 Å². The smallest absolute Gasteiger partial charge is 0.358 e. The van der Waals surface area contributed by atoms with Gasteiger partial charge in [0.2, 0.25) is 0 Å². The summed E-state index contributed by atoms with van der Waals surface area (Å²) in [5.74, 6) is -0.940. The molecule has 0 amide bonds. The van der Waals surface area contributed by atoms with Crippen molar-refractivity contribution in [1.82, 2.24) is 15.0 Å². The summed E-state index contributed by atoms with van der Waals surface area (Å²) in [6.07, 6.45) is 1.35. The number of anilines is 1. The zero-order chi connectivity index (χ0) is 13.8. The van der Waals surface area contributed by atoms with Crippen molar-refractivity contribution in [3.8, 4) is 0 Å². The maximum Gasteiger partial charge on any atom is 0.358 e. The van der Waals surface area contributed by atoms with Crippen LogP contribution in [0.2, 0.25) is 0 Å². The van der Waals surface area contributed by atoms with Gasteiger partial charge in [0.15, 0.2) is 5.69 Å². The highest BCUT2D eigenvalue weighted by Crippen LogP contribution is 2.21. The zero-order valence-electron chi connectivity index (χ0n) is 9.78. The lowest BCUT2D eigenvalue weighted by Gasteiger charge is -2.03. The van der Waals surface area contributed by atoms with Crippen LogP contribution in [-0.2, 0) is 6.54 Å². The van der Waals surface area contributed by atoms with Gasteiger partial charge in [-0.15, -0.1) is 16.9 Å². The summed E-state index contributed by atoms with van der Waals surface area (Å²) in [7, 11) is 0. The molecule has 19 heavy (non-hydrogen) atoms. The number of aromatic nitrogens is 3. The first-order chi connectivity index (χ1) is 9.06. The number of nitrogen functional groups attached to an aromatic ring is 1. The fraction of sp³-hybridized carbons (Fsp3) is 0.182. The predicted molar refractivity (Wildman–Crippen MR) is 68.5 cm³/mol. The highest BCUT2D eigenvalue weighted by atomic mass is 32.2. The molecule has 1 aromatic heterocycles. The molecule has 0 radical (unpaired) electrons. The molecule has 0 unspecified atom stereocenters. The minimum absolute atomic E-state index is 0.0940. The molecule has 0 aliphatic carbocycles. The van der Waals surface area contributed by atoms with Crippen LogP contribution in [0.25, 0.3) is 0 Å². The number of hydrogen-bond donors (Lipinski definition) is 2. The molecule has 100 valence electrons. The molecular weight excluding hydrogens is 271 g/mol. The van der Waals surface area contributed by atoms with Crippen molar-refractivity contribution in [3.05, 3.63) is 35.9 Å². The van der Waals surface area contributed by atoms with Crippen LogP contribution >= 0.6 is 11.8 Å². The van der Waals surface area contributed by atoms with E-state index in [1.54, 1.807) is 6.07 Å². The lowest BCUT2D eigenvalue weighted by Crippen LogP contribution is -2.01. The van der Waals surface area contributed by atoms with Gasteiger partial charge in [-0.05, 0) is 18.2 Å². The summed E-state index contributed by atoms with van der Waals surface area (Å²) in [6.45, 7) is 0.483. The average molecular weight is 282 g/mol. The summed E-state index contributed by atoms with van der Waals surface area (Å²) in [4.78, 5) is 11.4. The topological polar surface area (TPSA) is 94.0 Å². The van der Waals surface area contributed by atoms with E-state index in [9.17, 15) is 9.18 Å². The van der Waals surface area contributed by atoms with E-state index in [0.717, 1.165) is 4.90 Å². The summed E-state index contributed by atoms with van der Waals surface area (Å²) in [6, 6.07) is 4.60. The number of carbonyl (C=O) groups is 1. The molecule has 0 saturated heterocycles. The van der Waals surface area contributed by atoms with Gasteiger partial charge in [0.05, 0.1) is 18.4 Å². The zero-order valence-corrected chi connectivity index (χ0v) is 10.6. The second kappa shape index (κ2) is 5.70. The van der Waals surface area contributed by atoms with Crippen molar-refractivity contribution >= 4 is 23.4 Å². The number of benzene rings is 1. The molecule has 3 N–H and O–H groups in total. The number of carboxylic acid groups (broad SMARTS) is 1. The van der Waals surface area contributed by atoms with Crippen molar-refractivity contribution in [2.45, 2.75) is 11.4 Å². The van der Waals surface area contributed by atoms with Crippen molar-refractivity contribution < 1.29 is 14.3 Å². The highest BCUT2D eigenvalue weighted by Gasteiger charge is 2.08. The number of thioether (sulfide) groups is 1. The van der Waals surface area contributed by atoms with Crippen LogP contribution in [0.5, 0.6) is 0 Å². The summed E-state index contributed by atoms with van der Waals surface area (Å²) in [5.41, 5.74) is 5.40. The van der Waals surface area contributed by atoms with Crippen LogP contribution in [-0.4, -0.2) is 31.8 Å². The molecule has 1 heterocycles. The number of rotatable bonds is 5. The van der Waals surface area contributed by atoms with E-state index in [1.165, 1.54) is 34.8 Å². The Labute approximate surface area is 112 Å². The molecule has 6 nitrogen and oxygen atoms in total. The third-order valence-corrected chi connectivity index (χ3v) is 3.29. The Kier molecular flexibility index (Phi) is 4.00. The number of nitrogens with zero attached hydrogens (tertiary/aromatic N) is 3. The van der Waals surface area contributed by atoms with Crippen LogP contribution in [0.4, 0.5) is 10.1 Å². The molecular formula is C11H11FN4O2S. The number of hydrogen-bond acceptors (Lipinski definition) is 5. The standard InChI is InChI=1S/C11H11FN4O2S/c12-8-5-7(1-2-9(8)13)19-4-3-16-6-10(11(17)18)14-15-16/h1-2,5-6H,3-4,13H2,(H,17,18). The lowest BCUT2D eigenvalue weighted by atomic mass is 10.3. The lowest BCUT2D eigenvalue weighted by molar-refractivity contribution is 0.0690. The van der Waals surface area contributed by atoms with Gasteiger partial charge in [0, 0.05) is 10.6 Å². The average Bonchev–Trinajstić information content (AvgIpc) is 2.83. The van der Waals surface area contributed by atoms with E-state index in [0.29, 0.717) is 12.3 Å². The molecule has 1 aromatic carbocycles. The predicted octanol–water partition coefficient (Wildman–Crippen LogP) is 1.49. The Morgan fingerprint density at radius 3 is 2.95 bits per heavy atom. The fourth-order valence-corrected chi connectivity index (χ4v) is 2.23. The SMILES string of the molecule is Nc1ccc(SCCn2cc(C(=O)O)nn2)cc1F. The third-order valence-electron chi connectivity index (χ3n) is 2.32. The Morgan fingerprint density at radius 2 is 2.32 bits per heavy atom. The van der Waals surface area contributed by atoms with Gasteiger partial charge >= 0.3 is 5.97 Å². The number of halogens is 1. The quantitative estimate of drug-likeness (QED) is 0.637. The van der Waals surface area contributed by atoms with Crippen LogP contribution in [0.15, 0.2) is 29.3 Å². The molecule has 8 heteroatoms. The van der Waals surface area contributed by atoms with Crippen LogP contribution in [0.1, 0.15) is 10.5 Å². The second-order valence-corrected chi connectivity index (χ2v) is 4.87. The normalized spacial score (nSPS) is 10.6. The van der Waals surface area contributed by atoms with Crippen molar-refractivity contribution in [2.24, 2.45) is 0 Å². The molecule has 0 atom stereocenters. The second-order valence-electron chi connectivity index (χ2n) is 3.70. The Balaban J connectivity index is 1.88. The van der Waals surface area contributed by atoms with Gasteiger partial charge in [0.1, 0.15) is 5.82 Å². The van der Waals surface area contributed by atoms with E-state index in [1.807, 2.05) is 0 Å². The van der Waals surface area contributed by atoms with Crippen LogP contribution in [0.3, 0.4) is 0 Å². The number of nitrogens with two attached hydrogens (primary N) is 1. The molecule has 0 bridgehead atoms. The van der Waals surface area contributed by atoms with Crippen molar-refractivity contribution in [2.75, 3.05) is 11.5 Å². The largest absolute Gasteiger partial charge is 0.476 e. The maximum absolute atomic E-state index is 13.2. The minimum atomic E-state index is -1.11. The third kappa shape index (κ3) is 3.44. The van der Waals surface area contributed by atoms with Crippen LogP contribution in [0, 0.1) is 5.82 Å². The minimum Gasteiger partial charge on any atom is -0.476 e. The molecule has 0 aliphatic rings. The summed E-state index contributed by atoms with van der Waals surface area (Å²) in [5, 5.41) is 15.9. The van der Waals surface area contributed by atoms with E-state index in [4.69, 9.17) is 10.8 Å². The maximum atomic E-state index is 13.2. The van der Waals surface area contributed by atoms with Crippen molar-refractivity contribution in [3.63, 3.8) is 0 Å². The number of aryl methyl sites for hydroxylation is 1. The Bertz CT molecular complexity index is 602. The molecule has 2 aromatic rings. The summed E-state index contributed by atoms with van der Waals surface area (Å²) >= 11 is 1.42. The van der Waals surface area contributed by atoms with E-state index < -0.39 is 11.8 Å². The van der Waals surface area contributed by atoms with Gasteiger partial charge in [-0.1, -0.05) is 5.21 Å². The molecule has 0 aliphatic heterocycles. The van der Waals surface area contributed by atoms with Gasteiger partial charge in [-0.2, -0.15) is 0 Å². The first kappa shape index (κ1) is 13.3. The summed E-state index contributed by atoms with van der Waals surface area (Å²) < 4.78 is 14.6. The monoisotopic (exact) mass is 282 g/mol. The first-order valence-electron chi connectivity index (χ1n) is 5.37. The Morgan fingerprint density at radius 1 is 1.53 bits per heavy atom. The van der Waals surface area contributed by atoms with Gasteiger partial charge in [-0.3, -0.25) is 4.68 Å². The number of carboxylic acids is 1. The first-order valence-corrected chi connectivity index (χ1v) is 6.36. The van der Waals surface area contributed by atoms with Crippen molar-refractivity contribution in [1.29, 1.82) is 0 Å². The molecule has 0 fully saturated rings. The van der Waals surface area contributed by atoms with E-state index in [-0.39, 0.29) is 11.4 Å².